The van der Waals surface area contributed by atoms with Crippen molar-refractivity contribution >= 4 is 23.0 Å². The number of nitrogens with zero attached hydrogens (tertiary/aromatic N) is 2. The molecular formula is C13H19N3O2S. The van der Waals surface area contributed by atoms with E-state index < -0.39 is 0 Å². The summed E-state index contributed by atoms with van der Waals surface area (Å²) in [6.45, 7) is 5.71. The average molecular weight is 281 g/mol. The Kier molecular flexibility index (Phi) is 4.34. The molecule has 0 spiro atoms. The molecule has 104 valence electrons. The van der Waals surface area contributed by atoms with Crippen molar-refractivity contribution in [1.29, 1.82) is 0 Å². The summed E-state index contributed by atoms with van der Waals surface area (Å²) in [6.07, 6.45) is 0. The van der Waals surface area contributed by atoms with Gasteiger partial charge >= 0.3 is 0 Å². The number of aryl methyl sites for hydroxylation is 2. The Hall–Kier alpha value is -1.24. The van der Waals surface area contributed by atoms with Crippen LogP contribution in [0.2, 0.25) is 0 Å². The molecule has 0 bridgehead atoms. The molecule has 1 aromatic heterocycles. The molecule has 1 unspecified atom stereocenters. The Morgan fingerprint density at radius 3 is 3.00 bits per heavy atom. The van der Waals surface area contributed by atoms with Crippen molar-refractivity contribution in [3.63, 3.8) is 0 Å². The van der Waals surface area contributed by atoms with Crippen LogP contribution in [0.3, 0.4) is 0 Å². The van der Waals surface area contributed by atoms with Gasteiger partial charge in [0.25, 0.3) is 0 Å². The van der Waals surface area contributed by atoms with E-state index in [9.17, 15) is 5.11 Å². The van der Waals surface area contributed by atoms with Gasteiger partial charge in [-0.05, 0) is 25.5 Å². The maximum absolute atomic E-state index is 9.48. The molecule has 1 saturated heterocycles. The number of aliphatic hydroxyl groups excluding tert-OH is 1. The van der Waals surface area contributed by atoms with Gasteiger partial charge in [-0.3, -0.25) is 0 Å². The maximum atomic E-state index is 9.48. The van der Waals surface area contributed by atoms with Gasteiger partial charge in [-0.1, -0.05) is 12.2 Å². The third-order valence-electron chi connectivity index (χ3n) is 3.28. The molecule has 0 aliphatic carbocycles. The largest absolute Gasteiger partial charge is 0.394 e. The molecule has 1 fully saturated rings. The van der Waals surface area contributed by atoms with Crippen LogP contribution in [0, 0.1) is 13.8 Å². The second kappa shape index (κ2) is 5.81. The summed E-state index contributed by atoms with van der Waals surface area (Å²) < 4.78 is 5.39. The molecule has 3 N–H and O–H groups in total. The predicted octanol–water partition coefficient (Wildman–Crippen LogP) is 0.530. The van der Waals surface area contributed by atoms with Crippen LogP contribution in [-0.4, -0.2) is 47.5 Å². The third-order valence-corrected chi connectivity index (χ3v) is 3.49. The van der Waals surface area contributed by atoms with E-state index in [1.165, 1.54) is 0 Å². The zero-order chi connectivity index (χ0) is 14.0. The smallest absolute Gasteiger partial charge is 0.139 e. The molecule has 0 saturated carbocycles. The van der Waals surface area contributed by atoms with Crippen molar-refractivity contribution < 1.29 is 9.84 Å². The lowest BCUT2D eigenvalue weighted by molar-refractivity contribution is 0.0722. The lowest BCUT2D eigenvalue weighted by Gasteiger charge is -2.36. The van der Waals surface area contributed by atoms with Crippen molar-refractivity contribution in [3.05, 3.63) is 22.9 Å². The molecule has 6 heteroatoms. The van der Waals surface area contributed by atoms with Crippen LogP contribution >= 0.6 is 12.2 Å². The summed E-state index contributed by atoms with van der Waals surface area (Å²) in [5.74, 6) is 0.757. The molecule has 2 heterocycles. The van der Waals surface area contributed by atoms with Gasteiger partial charge in [0.2, 0.25) is 0 Å². The summed E-state index contributed by atoms with van der Waals surface area (Å²) in [5, 5.41) is 9.48. The van der Waals surface area contributed by atoms with E-state index >= 15 is 0 Å². The molecule has 0 amide bonds. The Morgan fingerprint density at radius 1 is 1.63 bits per heavy atom. The number of hydrogen-bond donors (Lipinski definition) is 2. The Bertz CT molecular complexity index is 493. The molecule has 1 aliphatic heterocycles. The second-order valence-corrected chi connectivity index (χ2v) is 5.19. The number of thiocarbonyl (C=S) groups is 1. The summed E-state index contributed by atoms with van der Waals surface area (Å²) in [7, 11) is 0. The molecule has 1 aromatic rings. The fourth-order valence-corrected chi connectivity index (χ4v) is 2.67. The first-order valence-electron chi connectivity index (χ1n) is 6.28. The van der Waals surface area contributed by atoms with Gasteiger partial charge in [-0.2, -0.15) is 0 Å². The molecule has 2 rings (SSSR count). The van der Waals surface area contributed by atoms with E-state index in [4.69, 9.17) is 22.7 Å². The van der Waals surface area contributed by atoms with E-state index in [0.717, 1.165) is 22.6 Å². The van der Waals surface area contributed by atoms with Crippen molar-refractivity contribution in [2.45, 2.75) is 19.9 Å². The van der Waals surface area contributed by atoms with E-state index in [1.54, 1.807) is 0 Å². The lowest BCUT2D eigenvalue weighted by atomic mass is 10.1. The van der Waals surface area contributed by atoms with Crippen LogP contribution in [0.4, 0.5) is 5.82 Å². The van der Waals surface area contributed by atoms with Crippen molar-refractivity contribution in [2.24, 2.45) is 5.73 Å². The maximum Gasteiger partial charge on any atom is 0.139 e. The van der Waals surface area contributed by atoms with Crippen LogP contribution in [0.25, 0.3) is 0 Å². The monoisotopic (exact) mass is 281 g/mol. The highest BCUT2D eigenvalue weighted by molar-refractivity contribution is 7.80. The van der Waals surface area contributed by atoms with Crippen LogP contribution in [0.15, 0.2) is 6.07 Å². The minimum absolute atomic E-state index is 0.0193. The Morgan fingerprint density at radius 2 is 2.37 bits per heavy atom. The SMILES string of the molecule is Cc1cc(C)c(C(N)=S)c(N2CCOCC2CO)n1. The van der Waals surface area contributed by atoms with Gasteiger partial charge < -0.3 is 20.5 Å². The van der Waals surface area contributed by atoms with Crippen molar-refractivity contribution in [1.82, 2.24) is 4.98 Å². The average Bonchev–Trinajstić information content (AvgIpc) is 2.37. The van der Waals surface area contributed by atoms with E-state index in [-0.39, 0.29) is 12.6 Å². The topological polar surface area (TPSA) is 71.6 Å². The van der Waals surface area contributed by atoms with Crippen molar-refractivity contribution in [3.8, 4) is 0 Å². The molecule has 0 radical (unpaired) electrons. The summed E-state index contributed by atoms with van der Waals surface area (Å²) >= 11 is 5.14. The van der Waals surface area contributed by atoms with Crippen LogP contribution < -0.4 is 10.6 Å². The number of morpholine rings is 1. The third kappa shape index (κ3) is 2.86. The van der Waals surface area contributed by atoms with Gasteiger partial charge in [0.1, 0.15) is 10.8 Å². The van der Waals surface area contributed by atoms with Crippen LogP contribution in [0.1, 0.15) is 16.8 Å². The normalized spacial score (nSPS) is 19.5. The molecule has 0 aromatic carbocycles. The minimum Gasteiger partial charge on any atom is -0.394 e. The number of rotatable bonds is 3. The summed E-state index contributed by atoms with van der Waals surface area (Å²) in [4.78, 5) is 6.94. The highest BCUT2D eigenvalue weighted by atomic mass is 32.1. The van der Waals surface area contributed by atoms with Gasteiger partial charge in [-0.15, -0.1) is 0 Å². The number of hydrogen-bond acceptors (Lipinski definition) is 5. The molecular weight excluding hydrogens is 262 g/mol. The number of anilines is 1. The van der Waals surface area contributed by atoms with Crippen LogP contribution in [-0.2, 0) is 4.74 Å². The molecule has 1 atom stereocenters. The number of aliphatic hydroxyl groups is 1. The minimum atomic E-state index is -0.101. The Balaban J connectivity index is 2.50. The zero-order valence-electron chi connectivity index (χ0n) is 11.2. The quantitative estimate of drug-likeness (QED) is 0.788. The number of ether oxygens (including phenoxy) is 1. The second-order valence-electron chi connectivity index (χ2n) is 4.75. The van der Waals surface area contributed by atoms with Crippen LogP contribution in [0.5, 0.6) is 0 Å². The summed E-state index contributed by atoms with van der Waals surface area (Å²) in [6, 6.07) is 1.86. The Labute approximate surface area is 118 Å². The first-order chi connectivity index (χ1) is 9.04. The number of nitrogens with two attached hydrogens (primary N) is 1. The lowest BCUT2D eigenvalue weighted by Crippen LogP contribution is -2.48. The first-order valence-corrected chi connectivity index (χ1v) is 6.68. The standard InChI is InChI=1S/C13H19N3O2S/c1-8-5-9(2)15-13(11(8)12(14)19)16-3-4-18-7-10(16)6-17/h5,10,17H,3-4,6-7H2,1-2H3,(H2,14,19). The highest BCUT2D eigenvalue weighted by Crippen LogP contribution is 2.25. The fraction of sp³-hybridized carbons (Fsp3) is 0.538. The highest BCUT2D eigenvalue weighted by Gasteiger charge is 2.27. The molecule has 1 aliphatic rings. The molecule has 5 nitrogen and oxygen atoms in total. The van der Waals surface area contributed by atoms with Gasteiger partial charge in [0, 0.05) is 12.2 Å². The van der Waals surface area contributed by atoms with Gasteiger partial charge in [0.05, 0.1) is 31.4 Å². The first kappa shape index (κ1) is 14.2. The van der Waals surface area contributed by atoms with Gasteiger partial charge in [0.15, 0.2) is 0 Å². The summed E-state index contributed by atoms with van der Waals surface area (Å²) in [5.41, 5.74) is 8.55. The predicted molar refractivity (Wildman–Crippen MR) is 78.6 cm³/mol. The van der Waals surface area contributed by atoms with Gasteiger partial charge in [-0.25, -0.2) is 4.98 Å². The van der Waals surface area contributed by atoms with E-state index in [0.29, 0.717) is 24.7 Å². The number of aromatic nitrogens is 1. The van der Waals surface area contributed by atoms with Crippen molar-refractivity contribution in [2.75, 3.05) is 31.3 Å². The van der Waals surface area contributed by atoms with E-state index in [2.05, 4.69) is 4.98 Å². The van der Waals surface area contributed by atoms with E-state index in [1.807, 2.05) is 24.8 Å². The number of pyridine rings is 1. The molecule has 19 heavy (non-hydrogen) atoms. The fourth-order valence-electron chi connectivity index (χ4n) is 2.41. The zero-order valence-corrected chi connectivity index (χ0v) is 12.0.